The van der Waals surface area contributed by atoms with Gasteiger partial charge in [0.2, 0.25) is 11.8 Å². The molecule has 0 fully saturated rings. The average molecular weight is 353 g/mol. The Bertz CT molecular complexity index is 631. The third-order valence-electron chi connectivity index (χ3n) is 4.12. The van der Waals surface area contributed by atoms with Crippen LogP contribution in [0.25, 0.3) is 0 Å². The van der Waals surface area contributed by atoms with Gasteiger partial charge in [-0.15, -0.1) is 0 Å². The molecule has 0 aliphatic carbocycles. The first kappa shape index (κ1) is 19.7. The van der Waals surface area contributed by atoms with Crippen LogP contribution in [0.2, 0.25) is 0 Å². The fraction of sp³-hybridized carbons (Fsp3) is 0.333. The second kappa shape index (κ2) is 10.4. The third kappa shape index (κ3) is 6.69. The lowest BCUT2D eigenvalue weighted by Gasteiger charge is -2.19. The van der Waals surface area contributed by atoms with Gasteiger partial charge in [0.15, 0.2) is 0 Å². The highest BCUT2D eigenvalue weighted by atomic mass is 16.2. The predicted octanol–water partition coefficient (Wildman–Crippen LogP) is 2.19. The molecular weight excluding hydrogens is 326 g/mol. The maximum atomic E-state index is 12.6. The molecule has 138 valence electrons. The van der Waals surface area contributed by atoms with E-state index in [2.05, 4.69) is 10.6 Å². The Labute approximate surface area is 155 Å². The minimum Gasteiger partial charge on any atom is -0.351 e. The van der Waals surface area contributed by atoms with Gasteiger partial charge in [-0.25, -0.2) is 0 Å². The van der Waals surface area contributed by atoms with Crippen LogP contribution in [0.4, 0.5) is 0 Å². The molecule has 5 nitrogen and oxygen atoms in total. The Morgan fingerprint density at radius 1 is 0.808 bits per heavy atom. The van der Waals surface area contributed by atoms with Crippen molar-refractivity contribution in [2.45, 2.75) is 19.5 Å². The number of amides is 2. The van der Waals surface area contributed by atoms with Crippen molar-refractivity contribution in [1.29, 1.82) is 0 Å². The highest BCUT2D eigenvalue weighted by molar-refractivity contribution is 6.00. The van der Waals surface area contributed by atoms with Crippen molar-refractivity contribution in [1.82, 2.24) is 15.5 Å². The van der Waals surface area contributed by atoms with E-state index in [9.17, 15) is 9.59 Å². The molecule has 0 saturated heterocycles. The first-order chi connectivity index (χ1) is 12.6. The monoisotopic (exact) mass is 353 g/mol. The Balaban J connectivity index is 1.94. The molecule has 5 heteroatoms. The summed E-state index contributed by atoms with van der Waals surface area (Å²) in [6, 6.07) is 19.4. The maximum Gasteiger partial charge on any atom is 0.232 e. The highest BCUT2D eigenvalue weighted by Gasteiger charge is 2.26. The van der Waals surface area contributed by atoms with Gasteiger partial charge in [0.25, 0.3) is 0 Å². The molecule has 0 aliphatic heterocycles. The van der Waals surface area contributed by atoms with Crippen molar-refractivity contribution in [2.24, 2.45) is 5.92 Å². The molecule has 2 N–H and O–H groups in total. The van der Waals surface area contributed by atoms with Gasteiger partial charge in [0.1, 0.15) is 5.92 Å². The maximum absolute atomic E-state index is 12.6. The molecule has 0 aliphatic rings. The summed E-state index contributed by atoms with van der Waals surface area (Å²) in [5.41, 5.74) is 2.02. The smallest absolute Gasteiger partial charge is 0.232 e. The number of benzene rings is 2. The summed E-state index contributed by atoms with van der Waals surface area (Å²) in [5.74, 6) is -1.17. The molecule has 0 aromatic heterocycles. The van der Waals surface area contributed by atoms with Crippen molar-refractivity contribution in [2.75, 3.05) is 20.6 Å². The number of hydrogen-bond donors (Lipinski definition) is 2. The molecule has 26 heavy (non-hydrogen) atoms. The quantitative estimate of drug-likeness (QED) is 0.680. The van der Waals surface area contributed by atoms with Crippen LogP contribution in [0, 0.1) is 5.92 Å². The fourth-order valence-corrected chi connectivity index (χ4v) is 2.59. The summed E-state index contributed by atoms with van der Waals surface area (Å²) in [5, 5.41) is 5.77. The van der Waals surface area contributed by atoms with Crippen LogP contribution in [0.1, 0.15) is 17.5 Å². The lowest BCUT2D eigenvalue weighted by atomic mass is 10.0. The zero-order valence-corrected chi connectivity index (χ0v) is 15.4. The highest BCUT2D eigenvalue weighted by Crippen LogP contribution is 2.07. The molecule has 0 radical (unpaired) electrons. The van der Waals surface area contributed by atoms with E-state index in [-0.39, 0.29) is 11.8 Å². The van der Waals surface area contributed by atoms with E-state index >= 15 is 0 Å². The van der Waals surface area contributed by atoms with Crippen LogP contribution in [0.3, 0.4) is 0 Å². The summed E-state index contributed by atoms with van der Waals surface area (Å²) >= 11 is 0. The van der Waals surface area contributed by atoms with Crippen molar-refractivity contribution < 1.29 is 9.59 Å². The van der Waals surface area contributed by atoms with Crippen LogP contribution >= 0.6 is 0 Å². The van der Waals surface area contributed by atoms with Gasteiger partial charge >= 0.3 is 0 Å². The second-order valence-corrected chi connectivity index (χ2v) is 6.55. The molecular formula is C21H27N3O2. The van der Waals surface area contributed by atoms with Crippen LogP contribution in [-0.4, -0.2) is 37.4 Å². The lowest BCUT2D eigenvalue weighted by molar-refractivity contribution is -0.135. The number of rotatable bonds is 9. The van der Waals surface area contributed by atoms with Crippen LogP contribution < -0.4 is 10.6 Å². The summed E-state index contributed by atoms with van der Waals surface area (Å²) in [4.78, 5) is 27.2. The Morgan fingerprint density at radius 3 is 1.62 bits per heavy atom. The van der Waals surface area contributed by atoms with Crippen LogP contribution in [0.15, 0.2) is 60.7 Å². The summed E-state index contributed by atoms with van der Waals surface area (Å²) < 4.78 is 0. The lowest BCUT2D eigenvalue weighted by Crippen LogP contribution is -2.42. The Kier molecular flexibility index (Phi) is 7.83. The molecule has 2 aromatic rings. The van der Waals surface area contributed by atoms with Crippen LogP contribution in [0.5, 0.6) is 0 Å². The largest absolute Gasteiger partial charge is 0.351 e. The molecule has 0 atom stereocenters. The van der Waals surface area contributed by atoms with Gasteiger partial charge in [-0.2, -0.15) is 0 Å². The van der Waals surface area contributed by atoms with E-state index < -0.39 is 5.92 Å². The first-order valence-electron chi connectivity index (χ1n) is 8.84. The minimum atomic E-state index is -0.704. The van der Waals surface area contributed by atoms with E-state index in [0.29, 0.717) is 26.1 Å². The van der Waals surface area contributed by atoms with Crippen molar-refractivity contribution >= 4 is 11.8 Å². The zero-order chi connectivity index (χ0) is 18.8. The van der Waals surface area contributed by atoms with Gasteiger partial charge in [0.05, 0.1) is 0 Å². The number of carbonyl (C=O) groups is 2. The average Bonchev–Trinajstić information content (AvgIpc) is 2.66. The second-order valence-electron chi connectivity index (χ2n) is 6.55. The van der Waals surface area contributed by atoms with E-state index in [1.165, 1.54) is 0 Å². The number of nitrogens with one attached hydrogen (secondary N) is 2. The van der Waals surface area contributed by atoms with Gasteiger partial charge in [0, 0.05) is 13.1 Å². The molecule has 2 rings (SSSR count). The number of nitrogens with zero attached hydrogens (tertiary/aromatic N) is 1. The molecule has 0 saturated carbocycles. The SMILES string of the molecule is CN(C)CCC(C(=O)NCc1ccccc1)C(=O)NCc1ccccc1. The summed E-state index contributed by atoms with van der Waals surface area (Å²) in [7, 11) is 3.86. The number of carbonyl (C=O) groups excluding carboxylic acids is 2. The fourth-order valence-electron chi connectivity index (χ4n) is 2.59. The van der Waals surface area contributed by atoms with Gasteiger partial charge in [-0.3, -0.25) is 9.59 Å². The van der Waals surface area contributed by atoms with Crippen molar-refractivity contribution in [3.05, 3.63) is 71.8 Å². The molecule has 0 spiro atoms. The predicted molar refractivity (Wildman–Crippen MR) is 103 cm³/mol. The van der Waals surface area contributed by atoms with E-state index in [4.69, 9.17) is 0 Å². The summed E-state index contributed by atoms with van der Waals surface area (Å²) in [6.07, 6.45) is 0.480. The zero-order valence-electron chi connectivity index (χ0n) is 15.4. The normalized spacial score (nSPS) is 10.8. The van der Waals surface area contributed by atoms with Crippen molar-refractivity contribution in [3.63, 3.8) is 0 Å². The molecule has 0 unspecified atom stereocenters. The van der Waals surface area contributed by atoms with Crippen LogP contribution in [-0.2, 0) is 22.7 Å². The van der Waals surface area contributed by atoms with E-state index in [1.54, 1.807) is 0 Å². The molecule has 0 heterocycles. The number of hydrogen-bond acceptors (Lipinski definition) is 3. The molecule has 0 bridgehead atoms. The Hall–Kier alpha value is -2.66. The molecule has 2 amide bonds. The van der Waals surface area contributed by atoms with Gasteiger partial charge in [-0.1, -0.05) is 60.7 Å². The van der Waals surface area contributed by atoms with E-state index in [0.717, 1.165) is 11.1 Å². The Morgan fingerprint density at radius 2 is 1.23 bits per heavy atom. The first-order valence-corrected chi connectivity index (χ1v) is 8.84. The standard InChI is InChI=1S/C21H27N3O2/c1-24(2)14-13-19(20(25)22-15-17-9-5-3-6-10-17)21(26)23-16-18-11-7-4-8-12-18/h3-12,19H,13-16H2,1-2H3,(H,22,25)(H,23,26). The minimum absolute atomic E-state index is 0.235. The van der Waals surface area contributed by atoms with Gasteiger partial charge in [-0.05, 0) is 38.2 Å². The molecule has 2 aromatic carbocycles. The third-order valence-corrected chi connectivity index (χ3v) is 4.12. The summed E-state index contributed by atoms with van der Waals surface area (Å²) in [6.45, 7) is 1.51. The topological polar surface area (TPSA) is 61.4 Å². The van der Waals surface area contributed by atoms with E-state index in [1.807, 2.05) is 79.7 Å². The van der Waals surface area contributed by atoms with Gasteiger partial charge < -0.3 is 15.5 Å². The van der Waals surface area contributed by atoms with Crippen molar-refractivity contribution in [3.8, 4) is 0 Å².